The standard InChI is InChI=1S/C11H14N4O/c1-8(2)15-6-9(5-13-15)14-10(16)11(7-12)3-4-11/h5-6,8H,3-4H2,1-2H3,(H,14,16). The molecule has 1 aliphatic carbocycles. The van der Waals surface area contributed by atoms with E-state index in [1.165, 1.54) is 0 Å². The van der Waals surface area contributed by atoms with Gasteiger partial charge in [-0.25, -0.2) is 0 Å². The summed E-state index contributed by atoms with van der Waals surface area (Å²) in [4.78, 5) is 11.7. The monoisotopic (exact) mass is 218 g/mol. The first-order valence-electron chi connectivity index (χ1n) is 5.34. The number of anilines is 1. The smallest absolute Gasteiger partial charge is 0.244 e. The van der Waals surface area contributed by atoms with E-state index < -0.39 is 5.41 Å². The molecule has 0 aliphatic heterocycles. The molecule has 1 heterocycles. The minimum Gasteiger partial charge on any atom is -0.322 e. The molecular formula is C11H14N4O. The van der Waals surface area contributed by atoms with Crippen molar-refractivity contribution < 1.29 is 4.79 Å². The maximum absolute atomic E-state index is 11.7. The lowest BCUT2D eigenvalue weighted by Crippen LogP contribution is -2.22. The van der Waals surface area contributed by atoms with E-state index in [4.69, 9.17) is 5.26 Å². The molecule has 1 N–H and O–H groups in total. The van der Waals surface area contributed by atoms with Crippen LogP contribution < -0.4 is 5.32 Å². The van der Waals surface area contributed by atoms with E-state index in [2.05, 4.69) is 16.5 Å². The fraction of sp³-hybridized carbons (Fsp3) is 0.545. The van der Waals surface area contributed by atoms with Crippen molar-refractivity contribution in [2.24, 2.45) is 5.41 Å². The van der Waals surface area contributed by atoms with Crippen LogP contribution in [0.15, 0.2) is 12.4 Å². The van der Waals surface area contributed by atoms with Gasteiger partial charge >= 0.3 is 0 Å². The van der Waals surface area contributed by atoms with Crippen LogP contribution in [0.5, 0.6) is 0 Å². The second-order valence-electron chi connectivity index (χ2n) is 4.45. The molecule has 1 aromatic rings. The number of aromatic nitrogens is 2. The molecule has 1 fully saturated rings. The van der Waals surface area contributed by atoms with E-state index in [0.29, 0.717) is 18.5 Å². The molecule has 1 aromatic heterocycles. The average Bonchev–Trinajstić information content (AvgIpc) is 2.92. The minimum atomic E-state index is -0.778. The highest BCUT2D eigenvalue weighted by atomic mass is 16.2. The second kappa shape index (κ2) is 3.63. The molecule has 5 nitrogen and oxygen atoms in total. The first kappa shape index (κ1) is 10.7. The summed E-state index contributed by atoms with van der Waals surface area (Å²) in [7, 11) is 0. The van der Waals surface area contributed by atoms with Crippen molar-refractivity contribution in [1.29, 1.82) is 5.26 Å². The lowest BCUT2D eigenvalue weighted by Gasteiger charge is -2.06. The van der Waals surface area contributed by atoms with Crippen LogP contribution in [0.2, 0.25) is 0 Å². The Balaban J connectivity index is 2.05. The van der Waals surface area contributed by atoms with Gasteiger partial charge in [-0.05, 0) is 26.7 Å². The van der Waals surface area contributed by atoms with E-state index in [0.717, 1.165) is 0 Å². The number of rotatable bonds is 3. The van der Waals surface area contributed by atoms with E-state index in [1.54, 1.807) is 17.1 Å². The van der Waals surface area contributed by atoms with Crippen molar-refractivity contribution in [2.75, 3.05) is 5.32 Å². The molecular weight excluding hydrogens is 204 g/mol. The van der Waals surface area contributed by atoms with Crippen molar-refractivity contribution in [3.05, 3.63) is 12.4 Å². The van der Waals surface area contributed by atoms with E-state index >= 15 is 0 Å². The number of hydrogen-bond acceptors (Lipinski definition) is 3. The molecule has 1 saturated carbocycles. The van der Waals surface area contributed by atoms with Crippen molar-refractivity contribution in [3.8, 4) is 6.07 Å². The molecule has 0 saturated heterocycles. The Bertz CT molecular complexity index is 451. The summed E-state index contributed by atoms with van der Waals surface area (Å²) in [5.74, 6) is -0.210. The molecule has 16 heavy (non-hydrogen) atoms. The predicted octanol–water partition coefficient (Wildman–Crippen LogP) is 1.71. The number of amides is 1. The number of carbonyl (C=O) groups excluding carboxylic acids is 1. The second-order valence-corrected chi connectivity index (χ2v) is 4.45. The summed E-state index contributed by atoms with van der Waals surface area (Å²) in [6, 6.07) is 2.32. The van der Waals surface area contributed by atoms with Crippen LogP contribution in [-0.4, -0.2) is 15.7 Å². The maximum atomic E-state index is 11.7. The lowest BCUT2D eigenvalue weighted by atomic mass is 10.1. The molecule has 0 bridgehead atoms. The molecule has 84 valence electrons. The van der Waals surface area contributed by atoms with E-state index in [-0.39, 0.29) is 11.9 Å². The topological polar surface area (TPSA) is 70.7 Å². The van der Waals surface area contributed by atoms with Crippen LogP contribution in [0.4, 0.5) is 5.69 Å². The Morgan fingerprint density at radius 3 is 2.81 bits per heavy atom. The van der Waals surface area contributed by atoms with Gasteiger partial charge in [0.15, 0.2) is 0 Å². The van der Waals surface area contributed by atoms with Gasteiger partial charge in [-0.15, -0.1) is 0 Å². The van der Waals surface area contributed by atoms with Crippen LogP contribution in [0.3, 0.4) is 0 Å². The van der Waals surface area contributed by atoms with E-state index in [1.807, 2.05) is 13.8 Å². The van der Waals surface area contributed by atoms with Gasteiger partial charge in [0.25, 0.3) is 0 Å². The van der Waals surface area contributed by atoms with Gasteiger partial charge in [-0.1, -0.05) is 0 Å². The molecule has 0 unspecified atom stereocenters. The first-order chi connectivity index (χ1) is 7.57. The Kier molecular flexibility index (Phi) is 2.43. The number of nitrogens with zero attached hydrogens (tertiary/aromatic N) is 3. The SMILES string of the molecule is CC(C)n1cc(NC(=O)C2(C#N)CC2)cn1. The van der Waals surface area contributed by atoms with Crippen molar-refractivity contribution in [3.63, 3.8) is 0 Å². The molecule has 2 rings (SSSR count). The third-order valence-corrected chi connectivity index (χ3v) is 2.79. The minimum absolute atomic E-state index is 0.210. The summed E-state index contributed by atoms with van der Waals surface area (Å²) in [6.07, 6.45) is 4.70. The number of hydrogen-bond donors (Lipinski definition) is 1. The molecule has 0 aromatic carbocycles. The third kappa shape index (κ3) is 1.78. The zero-order valence-corrected chi connectivity index (χ0v) is 9.40. The van der Waals surface area contributed by atoms with Gasteiger partial charge in [0, 0.05) is 12.2 Å². The predicted molar refractivity (Wildman–Crippen MR) is 58.5 cm³/mol. The molecule has 0 atom stereocenters. The maximum Gasteiger partial charge on any atom is 0.244 e. The molecule has 5 heteroatoms. The quantitative estimate of drug-likeness (QED) is 0.839. The van der Waals surface area contributed by atoms with Gasteiger partial charge in [0.05, 0.1) is 18.0 Å². The van der Waals surface area contributed by atoms with Crippen LogP contribution in [0, 0.1) is 16.7 Å². The van der Waals surface area contributed by atoms with Gasteiger partial charge < -0.3 is 5.32 Å². The zero-order chi connectivity index (χ0) is 11.8. The highest BCUT2D eigenvalue weighted by Gasteiger charge is 2.50. The molecule has 1 amide bonds. The Labute approximate surface area is 94.1 Å². The summed E-state index contributed by atoms with van der Waals surface area (Å²) >= 11 is 0. The summed E-state index contributed by atoms with van der Waals surface area (Å²) < 4.78 is 1.77. The third-order valence-electron chi connectivity index (χ3n) is 2.79. The lowest BCUT2D eigenvalue weighted by molar-refractivity contribution is -0.119. The largest absolute Gasteiger partial charge is 0.322 e. The van der Waals surface area contributed by atoms with Crippen molar-refractivity contribution in [2.45, 2.75) is 32.7 Å². The summed E-state index contributed by atoms with van der Waals surface area (Å²) in [5.41, 5.74) is -0.125. The van der Waals surface area contributed by atoms with Crippen LogP contribution in [0.1, 0.15) is 32.7 Å². The van der Waals surface area contributed by atoms with Crippen molar-refractivity contribution >= 4 is 11.6 Å². The molecule has 0 spiro atoms. The summed E-state index contributed by atoms with van der Waals surface area (Å²) in [5, 5.41) is 15.7. The zero-order valence-electron chi connectivity index (χ0n) is 9.40. The first-order valence-corrected chi connectivity index (χ1v) is 5.34. The molecule has 1 aliphatic rings. The van der Waals surface area contributed by atoms with Crippen LogP contribution in [0.25, 0.3) is 0 Å². The van der Waals surface area contributed by atoms with Gasteiger partial charge in [0.2, 0.25) is 5.91 Å². The number of nitrogens with one attached hydrogen (secondary N) is 1. The van der Waals surface area contributed by atoms with Gasteiger partial charge in [0.1, 0.15) is 5.41 Å². The normalized spacial score (nSPS) is 16.9. The van der Waals surface area contributed by atoms with Gasteiger partial charge in [-0.3, -0.25) is 9.48 Å². The van der Waals surface area contributed by atoms with Crippen LogP contribution >= 0.6 is 0 Å². The Morgan fingerprint density at radius 1 is 1.69 bits per heavy atom. The molecule has 0 radical (unpaired) electrons. The highest BCUT2D eigenvalue weighted by Crippen LogP contribution is 2.45. The number of carbonyl (C=O) groups is 1. The Hall–Kier alpha value is -1.83. The fourth-order valence-corrected chi connectivity index (χ4v) is 1.45. The van der Waals surface area contributed by atoms with Crippen LogP contribution in [-0.2, 0) is 4.79 Å². The highest BCUT2D eigenvalue weighted by molar-refractivity contribution is 5.99. The Morgan fingerprint density at radius 2 is 2.38 bits per heavy atom. The van der Waals surface area contributed by atoms with E-state index in [9.17, 15) is 4.79 Å². The average molecular weight is 218 g/mol. The van der Waals surface area contributed by atoms with Crippen molar-refractivity contribution in [1.82, 2.24) is 9.78 Å². The van der Waals surface area contributed by atoms with Gasteiger partial charge in [-0.2, -0.15) is 10.4 Å². The summed E-state index contributed by atoms with van der Waals surface area (Å²) in [6.45, 7) is 4.02. The fourth-order valence-electron chi connectivity index (χ4n) is 1.45. The number of nitriles is 1.